The fraction of sp³-hybridized carbons (Fsp3) is 0.588. The molecule has 0 amide bonds. The highest BCUT2D eigenvalue weighted by Gasteiger charge is 2.42. The Labute approximate surface area is 109 Å². The van der Waals surface area contributed by atoms with E-state index in [-0.39, 0.29) is 5.78 Å². The molecule has 18 heavy (non-hydrogen) atoms. The minimum absolute atomic E-state index is 0.205. The van der Waals surface area contributed by atoms with Gasteiger partial charge in [0, 0.05) is 0 Å². The standard InChI is InChI=1S/C17H20O/c18-13-9-12-6-8-15-14-4-2-1-3-11(14)5-7-16(15)17(12)10-13/h6,8-11,14-16H,1-5,7H2. The van der Waals surface area contributed by atoms with Crippen LogP contribution in [0.2, 0.25) is 0 Å². The molecule has 0 heterocycles. The van der Waals surface area contributed by atoms with Gasteiger partial charge in [0.1, 0.15) is 0 Å². The predicted octanol–water partition coefficient (Wildman–Crippen LogP) is 3.82. The van der Waals surface area contributed by atoms with Crippen LogP contribution >= 0.6 is 0 Å². The third kappa shape index (κ3) is 1.49. The van der Waals surface area contributed by atoms with Crippen molar-refractivity contribution < 1.29 is 4.79 Å². The van der Waals surface area contributed by atoms with E-state index in [9.17, 15) is 4.79 Å². The van der Waals surface area contributed by atoms with Gasteiger partial charge in [-0.3, -0.25) is 4.79 Å². The van der Waals surface area contributed by atoms with Gasteiger partial charge in [-0.1, -0.05) is 31.4 Å². The second-order valence-corrected chi connectivity index (χ2v) is 6.43. The van der Waals surface area contributed by atoms with Crippen molar-refractivity contribution in [1.82, 2.24) is 0 Å². The Bertz CT molecular complexity index is 480. The molecule has 2 saturated carbocycles. The average Bonchev–Trinajstić information content (AvgIpc) is 2.79. The van der Waals surface area contributed by atoms with Crippen molar-refractivity contribution in [2.45, 2.75) is 38.5 Å². The zero-order chi connectivity index (χ0) is 12.1. The van der Waals surface area contributed by atoms with Crippen LogP contribution in [0.3, 0.4) is 0 Å². The normalized spacial score (nSPS) is 41.7. The number of hydrogen-bond acceptors (Lipinski definition) is 1. The molecule has 4 atom stereocenters. The van der Waals surface area contributed by atoms with Gasteiger partial charge in [0.05, 0.1) is 0 Å². The lowest BCUT2D eigenvalue weighted by Crippen LogP contribution is -2.37. The third-order valence-corrected chi connectivity index (χ3v) is 5.60. The predicted molar refractivity (Wildman–Crippen MR) is 72.0 cm³/mol. The minimum Gasteiger partial charge on any atom is -0.290 e. The summed E-state index contributed by atoms with van der Waals surface area (Å²) in [6, 6.07) is 0. The van der Waals surface area contributed by atoms with Gasteiger partial charge in [-0.2, -0.15) is 0 Å². The molecule has 4 aliphatic rings. The van der Waals surface area contributed by atoms with E-state index < -0.39 is 0 Å². The first-order valence-corrected chi connectivity index (χ1v) is 7.49. The van der Waals surface area contributed by atoms with Crippen LogP contribution in [0.25, 0.3) is 0 Å². The average molecular weight is 240 g/mol. The fourth-order valence-corrected chi connectivity index (χ4v) is 4.82. The van der Waals surface area contributed by atoms with E-state index in [4.69, 9.17) is 0 Å². The summed E-state index contributed by atoms with van der Waals surface area (Å²) in [7, 11) is 0. The number of fused-ring (bicyclic) bond motifs is 5. The van der Waals surface area contributed by atoms with Crippen molar-refractivity contribution in [1.29, 1.82) is 0 Å². The van der Waals surface area contributed by atoms with Crippen molar-refractivity contribution in [2.24, 2.45) is 23.7 Å². The van der Waals surface area contributed by atoms with Gasteiger partial charge < -0.3 is 0 Å². The van der Waals surface area contributed by atoms with Gasteiger partial charge in [-0.05, 0) is 66.2 Å². The van der Waals surface area contributed by atoms with Gasteiger partial charge in [0.2, 0.25) is 0 Å². The molecule has 0 radical (unpaired) electrons. The lowest BCUT2D eigenvalue weighted by molar-refractivity contribution is -0.110. The number of carbonyl (C=O) groups excluding carboxylic acids is 1. The Kier molecular flexibility index (Phi) is 2.36. The Morgan fingerprint density at radius 2 is 1.89 bits per heavy atom. The monoisotopic (exact) mass is 240 g/mol. The number of rotatable bonds is 0. The molecule has 4 aliphatic carbocycles. The molecular formula is C17H20O. The summed E-state index contributed by atoms with van der Waals surface area (Å²) < 4.78 is 0. The maximum absolute atomic E-state index is 11.6. The Morgan fingerprint density at radius 3 is 2.83 bits per heavy atom. The topological polar surface area (TPSA) is 17.1 Å². The Hall–Kier alpha value is -1.11. The van der Waals surface area contributed by atoms with Crippen LogP contribution in [0.1, 0.15) is 38.5 Å². The molecule has 0 aromatic carbocycles. The summed E-state index contributed by atoms with van der Waals surface area (Å²) >= 11 is 0. The second-order valence-electron chi connectivity index (χ2n) is 6.43. The zero-order valence-electron chi connectivity index (χ0n) is 10.8. The van der Waals surface area contributed by atoms with E-state index >= 15 is 0 Å². The summed E-state index contributed by atoms with van der Waals surface area (Å²) in [4.78, 5) is 11.6. The summed E-state index contributed by atoms with van der Waals surface area (Å²) in [5.41, 5.74) is 2.56. The molecule has 0 aromatic rings. The second kappa shape index (κ2) is 3.94. The molecule has 2 fully saturated rings. The highest BCUT2D eigenvalue weighted by molar-refractivity contribution is 6.05. The molecular weight excluding hydrogens is 220 g/mol. The van der Waals surface area contributed by atoms with Gasteiger partial charge in [-0.25, -0.2) is 0 Å². The first-order chi connectivity index (χ1) is 8.83. The summed E-state index contributed by atoms with van der Waals surface area (Å²) in [6.45, 7) is 0. The quantitative estimate of drug-likeness (QED) is 0.629. The maximum atomic E-state index is 11.6. The first kappa shape index (κ1) is 10.8. The van der Waals surface area contributed by atoms with Gasteiger partial charge in [0.15, 0.2) is 5.78 Å². The molecule has 1 nitrogen and oxygen atoms in total. The van der Waals surface area contributed by atoms with Crippen LogP contribution in [0.4, 0.5) is 0 Å². The van der Waals surface area contributed by atoms with E-state index in [0.29, 0.717) is 5.92 Å². The van der Waals surface area contributed by atoms with Crippen molar-refractivity contribution in [3.8, 4) is 0 Å². The maximum Gasteiger partial charge on any atom is 0.179 e. The highest BCUT2D eigenvalue weighted by Crippen LogP contribution is 2.52. The zero-order valence-corrected chi connectivity index (χ0v) is 10.8. The van der Waals surface area contributed by atoms with Crippen molar-refractivity contribution in [2.75, 3.05) is 0 Å². The third-order valence-electron chi connectivity index (χ3n) is 5.60. The van der Waals surface area contributed by atoms with Crippen LogP contribution in [-0.2, 0) is 4.79 Å². The van der Waals surface area contributed by atoms with Crippen LogP contribution in [-0.4, -0.2) is 5.78 Å². The smallest absolute Gasteiger partial charge is 0.179 e. The minimum atomic E-state index is 0.205. The molecule has 0 aromatic heterocycles. The number of ketones is 1. The Morgan fingerprint density at radius 1 is 1.00 bits per heavy atom. The molecule has 0 bridgehead atoms. The van der Waals surface area contributed by atoms with Gasteiger partial charge >= 0.3 is 0 Å². The van der Waals surface area contributed by atoms with Gasteiger partial charge in [0.25, 0.3) is 0 Å². The van der Waals surface area contributed by atoms with Crippen molar-refractivity contribution in [3.05, 3.63) is 35.5 Å². The first-order valence-electron chi connectivity index (χ1n) is 7.49. The summed E-state index contributed by atoms with van der Waals surface area (Å²) in [5.74, 6) is 3.43. The number of allylic oxidation sites excluding steroid dienone is 6. The van der Waals surface area contributed by atoms with Crippen LogP contribution in [0.15, 0.2) is 35.5 Å². The van der Waals surface area contributed by atoms with Crippen LogP contribution in [0.5, 0.6) is 0 Å². The van der Waals surface area contributed by atoms with Crippen molar-refractivity contribution in [3.63, 3.8) is 0 Å². The van der Waals surface area contributed by atoms with Gasteiger partial charge in [-0.15, -0.1) is 0 Å². The van der Waals surface area contributed by atoms with E-state index in [0.717, 1.165) is 17.8 Å². The number of carbonyl (C=O) groups is 1. The van der Waals surface area contributed by atoms with Crippen LogP contribution < -0.4 is 0 Å². The molecule has 94 valence electrons. The molecule has 4 unspecified atom stereocenters. The lowest BCUT2D eigenvalue weighted by Gasteiger charge is -2.46. The molecule has 0 aliphatic heterocycles. The molecule has 1 heteroatoms. The van der Waals surface area contributed by atoms with E-state index in [1.54, 1.807) is 0 Å². The molecule has 0 N–H and O–H groups in total. The van der Waals surface area contributed by atoms with E-state index in [2.05, 4.69) is 12.2 Å². The SMILES string of the molecule is O=C1C=C2C=CC3C(CCC4CCCCC43)C2=C1. The Balaban J connectivity index is 1.70. The molecule has 4 rings (SSSR count). The highest BCUT2D eigenvalue weighted by atomic mass is 16.1. The van der Waals surface area contributed by atoms with Crippen molar-refractivity contribution >= 4 is 5.78 Å². The molecule has 0 spiro atoms. The lowest BCUT2D eigenvalue weighted by atomic mass is 9.58. The summed E-state index contributed by atoms with van der Waals surface area (Å²) in [5, 5.41) is 0. The molecule has 0 saturated heterocycles. The summed E-state index contributed by atoms with van der Waals surface area (Å²) in [6.07, 6.45) is 16.8. The largest absolute Gasteiger partial charge is 0.290 e. The van der Waals surface area contributed by atoms with E-state index in [1.165, 1.54) is 49.7 Å². The number of hydrogen-bond donors (Lipinski definition) is 0. The van der Waals surface area contributed by atoms with Crippen LogP contribution in [0, 0.1) is 23.7 Å². The van der Waals surface area contributed by atoms with E-state index in [1.807, 2.05) is 12.2 Å². The fourth-order valence-electron chi connectivity index (χ4n) is 4.82.